The number of hydrogen-bond acceptors (Lipinski definition) is 2. The van der Waals surface area contributed by atoms with E-state index in [1.165, 1.54) is 5.56 Å². The molecule has 3 nitrogen and oxygen atoms in total. The van der Waals surface area contributed by atoms with Crippen LogP contribution in [-0.4, -0.2) is 16.4 Å². The first-order chi connectivity index (χ1) is 8.84. The van der Waals surface area contributed by atoms with Gasteiger partial charge >= 0.3 is 0 Å². The summed E-state index contributed by atoms with van der Waals surface area (Å²) < 4.78 is 2.04. The Bertz CT molecular complexity index is 643. The van der Waals surface area contributed by atoms with Gasteiger partial charge in [0.15, 0.2) is 5.65 Å². The quantitative estimate of drug-likeness (QED) is 0.698. The number of rotatable bonds is 3. The van der Waals surface area contributed by atoms with Crippen LogP contribution in [0.4, 0.5) is 5.69 Å². The fourth-order valence-corrected chi connectivity index (χ4v) is 2.17. The number of aromatic nitrogens is 2. The van der Waals surface area contributed by atoms with E-state index < -0.39 is 0 Å². The van der Waals surface area contributed by atoms with Gasteiger partial charge in [-0.2, -0.15) is 0 Å². The lowest BCUT2D eigenvalue weighted by Crippen LogP contribution is -2.17. The van der Waals surface area contributed by atoms with Crippen molar-refractivity contribution in [2.75, 3.05) is 11.9 Å². The van der Waals surface area contributed by atoms with Gasteiger partial charge in [-0.25, -0.2) is 4.98 Å². The average Bonchev–Trinajstić information content (AvgIpc) is 2.87. The number of fused-ring (bicyclic) bond motifs is 1. The van der Waals surface area contributed by atoms with Crippen molar-refractivity contribution in [2.45, 2.75) is 6.54 Å². The second kappa shape index (κ2) is 4.53. The maximum absolute atomic E-state index is 4.40. The Balaban J connectivity index is 1.92. The molecule has 0 radical (unpaired) electrons. The van der Waals surface area contributed by atoms with E-state index in [0.29, 0.717) is 0 Å². The summed E-state index contributed by atoms with van der Waals surface area (Å²) in [5.74, 6) is 0. The van der Waals surface area contributed by atoms with E-state index in [-0.39, 0.29) is 0 Å². The minimum Gasteiger partial charge on any atom is -0.367 e. The average molecular weight is 237 g/mol. The maximum atomic E-state index is 4.40. The molecule has 0 atom stereocenters. The zero-order valence-corrected chi connectivity index (χ0v) is 10.3. The van der Waals surface area contributed by atoms with Crippen LogP contribution in [0.1, 0.15) is 5.56 Å². The predicted molar refractivity (Wildman–Crippen MR) is 73.7 cm³/mol. The first kappa shape index (κ1) is 10.8. The number of benzene rings is 1. The molecule has 0 saturated heterocycles. The second-order valence-corrected chi connectivity index (χ2v) is 4.39. The molecule has 0 saturated carbocycles. The zero-order valence-electron chi connectivity index (χ0n) is 10.3. The van der Waals surface area contributed by atoms with Crippen molar-refractivity contribution in [3.05, 3.63) is 66.6 Å². The highest BCUT2D eigenvalue weighted by molar-refractivity contribution is 5.68. The Kier molecular flexibility index (Phi) is 2.73. The lowest BCUT2D eigenvalue weighted by Gasteiger charge is -2.19. The minimum atomic E-state index is 0.882. The van der Waals surface area contributed by atoms with Crippen LogP contribution in [0, 0.1) is 0 Å². The van der Waals surface area contributed by atoms with Gasteiger partial charge in [-0.1, -0.05) is 30.3 Å². The van der Waals surface area contributed by atoms with Crippen LogP contribution in [0.25, 0.3) is 5.65 Å². The SMILES string of the molecule is CN(Cc1ccccc1)c1cccn2ccnc12. The number of hydrogen-bond donors (Lipinski definition) is 0. The molecule has 0 aliphatic heterocycles. The number of nitrogens with zero attached hydrogens (tertiary/aromatic N) is 3. The van der Waals surface area contributed by atoms with E-state index in [1.54, 1.807) is 0 Å². The Morgan fingerprint density at radius 1 is 1.06 bits per heavy atom. The van der Waals surface area contributed by atoms with E-state index in [9.17, 15) is 0 Å². The first-order valence-corrected chi connectivity index (χ1v) is 6.01. The molecular formula is C15H15N3. The number of imidazole rings is 1. The topological polar surface area (TPSA) is 20.5 Å². The molecule has 0 fully saturated rings. The van der Waals surface area contributed by atoms with Crippen LogP contribution in [0.2, 0.25) is 0 Å². The van der Waals surface area contributed by atoms with Gasteiger partial charge in [0, 0.05) is 32.2 Å². The van der Waals surface area contributed by atoms with Crippen molar-refractivity contribution in [2.24, 2.45) is 0 Å². The Hall–Kier alpha value is -2.29. The van der Waals surface area contributed by atoms with Crippen molar-refractivity contribution in [3.8, 4) is 0 Å². The fourth-order valence-electron chi connectivity index (χ4n) is 2.17. The van der Waals surface area contributed by atoms with Crippen molar-refractivity contribution < 1.29 is 0 Å². The molecule has 0 amide bonds. The van der Waals surface area contributed by atoms with Crippen LogP contribution >= 0.6 is 0 Å². The molecule has 3 rings (SSSR count). The molecule has 0 aliphatic carbocycles. The van der Waals surface area contributed by atoms with Crippen LogP contribution in [-0.2, 0) is 6.54 Å². The monoisotopic (exact) mass is 237 g/mol. The highest BCUT2D eigenvalue weighted by atomic mass is 15.1. The highest BCUT2D eigenvalue weighted by Crippen LogP contribution is 2.20. The summed E-state index contributed by atoms with van der Waals surface area (Å²) in [5, 5.41) is 0. The van der Waals surface area contributed by atoms with Gasteiger partial charge < -0.3 is 9.30 Å². The van der Waals surface area contributed by atoms with Crippen molar-refractivity contribution >= 4 is 11.3 Å². The second-order valence-electron chi connectivity index (χ2n) is 4.39. The van der Waals surface area contributed by atoms with Crippen LogP contribution < -0.4 is 4.90 Å². The molecule has 0 bridgehead atoms. The molecule has 0 aliphatic rings. The van der Waals surface area contributed by atoms with Crippen molar-refractivity contribution in [3.63, 3.8) is 0 Å². The van der Waals surface area contributed by atoms with Gasteiger partial charge in [0.25, 0.3) is 0 Å². The van der Waals surface area contributed by atoms with Crippen LogP contribution in [0.5, 0.6) is 0 Å². The predicted octanol–water partition coefficient (Wildman–Crippen LogP) is 2.97. The first-order valence-electron chi connectivity index (χ1n) is 6.01. The minimum absolute atomic E-state index is 0.882. The molecule has 2 aromatic heterocycles. The molecule has 2 heterocycles. The van der Waals surface area contributed by atoms with Gasteiger partial charge in [-0.15, -0.1) is 0 Å². The van der Waals surface area contributed by atoms with Crippen molar-refractivity contribution in [1.29, 1.82) is 0 Å². The molecule has 0 unspecified atom stereocenters. The summed E-state index contributed by atoms with van der Waals surface area (Å²) in [6.45, 7) is 0.882. The normalized spacial score (nSPS) is 10.7. The van der Waals surface area contributed by atoms with Gasteiger partial charge in [-0.05, 0) is 17.7 Å². The van der Waals surface area contributed by atoms with Gasteiger partial charge in [0.05, 0.1) is 5.69 Å². The van der Waals surface area contributed by atoms with Crippen LogP contribution in [0.15, 0.2) is 61.1 Å². The third kappa shape index (κ3) is 1.95. The van der Waals surface area contributed by atoms with Gasteiger partial charge in [-0.3, -0.25) is 0 Å². The van der Waals surface area contributed by atoms with Crippen LogP contribution in [0.3, 0.4) is 0 Å². The third-order valence-corrected chi connectivity index (χ3v) is 3.07. The Morgan fingerprint density at radius 2 is 1.89 bits per heavy atom. The number of pyridine rings is 1. The standard InChI is InChI=1S/C15H15N3/c1-17(12-13-6-3-2-4-7-13)14-8-5-10-18-11-9-16-15(14)18/h2-11H,12H2,1H3. The molecule has 90 valence electrons. The third-order valence-electron chi connectivity index (χ3n) is 3.07. The maximum Gasteiger partial charge on any atom is 0.160 e. The molecule has 1 aromatic carbocycles. The molecule has 0 spiro atoms. The molecule has 18 heavy (non-hydrogen) atoms. The summed E-state index contributed by atoms with van der Waals surface area (Å²) in [6, 6.07) is 14.6. The zero-order chi connectivity index (χ0) is 12.4. The molecular weight excluding hydrogens is 222 g/mol. The fraction of sp³-hybridized carbons (Fsp3) is 0.133. The largest absolute Gasteiger partial charge is 0.367 e. The Morgan fingerprint density at radius 3 is 2.72 bits per heavy atom. The van der Waals surface area contributed by atoms with Gasteiger partial charge in [0.2, 0.25) is 0 Å². The molecule has 3 aromatic rings. The lowest BCUT2D eigenvalue weighted by molar-refractivity contribution is 0.920. The lowest BCUT2D eigenvalue weighted by atomic mass is 10.2. The highest BCUT2D eigenvalue weighted by Gasteiger charge is 2.07. The van der Waals surface area contributed by atoms with E-state index in [0.717, 1.165) is 17.9 Å². The molecule has 0 N–H and O–H groups in total. The summed E-state index contributed by atoms with van der Waals surface area (Å²) >= 11 is 0. The summed E-state index contributed by atoms with van der Waals surface area (Å²) in [4.78, 5) is 6.62. The number of anilines is 1. The summed E-state index contributed by atoms with van der Waals surface area (Å²) in [6.07, 6.45) is 5.81. The van der Waals surface area contributed by atoms with E-state index in [4.69, 9.17) is 0 Å². The van der Waals surface area contributed by atoms with Crippen molar-refractivity contribution in [1.82, 2.24) is 9.38 Å². The van der Waals surface area contributed by atoms with E-state index >= 15 is 0 Å². The van der Waals surface area contributed by atoms with E-state index in [1.807, 2.05) is 35.1 Å². The smallest absolute Gasteiger partial charge is 0.160 e. The summed E-state index contributed by atoms with van der Waals surface area (Å²) in [5.41, 5.74) is 3.44. The van der Waals surface area contributed by atoms with E-state index in [2.05, 4.69) is 47.3 Å². The Labute approximate surface area is 106 Å². The van der Waals surface area contributed by atoms with Gasteiger partial charge in [0.1, 0.15) is 0 Å². The summed E-state index contributed by atoms with van der Waals surface area (Å²) in [7, 11) is 2.09. The molecule has 3 heteroatoms.